The number of rotatable bonds is 0. The predicted octanol–water partition coefficient (Wildman–Crippen LogP) is 1.29. The molecule has 58 valence electrons. The lowest BCUT2D eigenvalue weighted by Crippen LogP contribution is -2.15. The summed E-state index contributed by atoms with van der Waals surface area (Å²) in [5, 5.41) is 0. The summed E-state index contributed by atoms with van der Waals surface area (Å²) in [6.07, 6.45) is 0.954. The van der Waals surface area contributed by atoms with Crippen molar-refractivity contribution in [2.24, 2.45) is 0 Å². The molecule has 3 heteroatoms. The summed E-state index contributed by atoms with van der Waals surface area (Å²) >= 11 is 0. The second kappa shape index (κ2) is 2.51. The van der Waals surface area contributed by atoms with Crippen molar-refractivity contribution in [1.82, 2.24) is 4.98 Å². The molecule has 1 N–H and O–H groups in total. The summed E-state index contributed by atoms with van der Waals surface area (Å²) in [6.45, 7) is 2.70. The van der Waals surface area contributed by atoms with Crippen LogP contribution in [-0.4, -0.2) is 11.6 Å². The number of hydrogen-bond acceptors (Lipinski definition) is 3. The van der Waals surface area contributed by atoms with Crippen LogP contribution in [0.5, 0.6) is 0 Å². The standard InChI is InChI=1S/C8H10N2O/c1-6-2-3-7-4-5-11-10-8(7)9-6/h2-3H,4-5H2,1H3,(H,9,10). The van der Waals surface area contributed by atoms with Gasteiger partial charge < -0.3 is 0 Å². The van der Waals surface area contributed by atoms with Gasteiger partial charge in [-0.05, 0) is 18.6 Å². The fourth-order valence-electron chi connectivity index (χ4n) is 1.16. The Morgan fingerprint density at radius 2 is 2.45 bits per heavy atom. The van der Waals surface area contributed by atoms with E-state index in [2.05, 4.69) is 16.5 Å². The van der Waals surface area contributed by atoms with Gasteiger partial charge in [-0.25, -0.2) is 10.5 Å². The molecule has 11 heavy (non-hydrogen) atoms. The monoisotopic (exact) mass is 150 g/mol. The molecule has 0 spiro atoms. The van der Waals surface area contributed by atoms with E-state index in [0.717, 1.165) is 24.5 Å². The quantitative estimate of drug-likeness (QED) is 0.605. The van der Waals surface area contributed by atoms with Crippen molar-refractivity contribution in [3.63, 3.8) is 0 Å². The molecule has 0 unspecified atom stereocenters. The van der Waals surface area contributed by atoms with Crippen molar-refractivity contribution in [1.29, 1.82) is 0 Å². The minimum atomic E-state index is 0.734. The first-order valence-electron chi connectivity index (χ1n) is 3.70. The second-order valence-corrected chi connectivity index (χ2v) is 2.66. The van der Waals surface area contributed by atoms with Crippen molar-refractivity contribution in [3.8, 4) is 0 Å². The van der Waals surface area contributed by atoms with Gasteiger partial charge in [-0.15, -0.1) is 0 Å². The van der Waals surface area contributed by atoms with Crippen molar-refractivity contribution in [2.45, 2.75) is 13.3 Å². The number of fused-ring (bicyclic) bond motifs is 1. The van der Waals surface area contributed by atoms with Crippen molar-refractivity contribution >= 4 is 5.82 Å². The van der Waals surface area contributed by atoms with Gasteiger partial charge in [0.15, 0.2) is 5.82 Å². The molecule has 1 aliphatic heterocycles. The molecule has 0 amide bonds. The van der Waals surface area contributed by atoms with Crippen LogP contribution in [0.15, 0.2) is 12.1 Å². The van der Waals surface area contributed by atoms with E-state index in [9.17, 15) is 0 Å². The molecule has 0 aromatic carbocycles. The van der Waals surface area contributed by atoms with Gasteiger partial charge in [-0.2, -0.15) is 0 Å². The van der Waals surface area contributed by atoms with E-state index in [1.165, 1.54) is 5.56 Å². The van der Waals surface area contributed by atoms with E-state index in [1.807, 2.05) is 13.0 Å². The lowest BCUT2D eigenvalue weighted by atomic mass is 10.2. The normalized spacial score (nSPS) is 15.4. The number of pyridine rings is 1. The molecule has 3 nitrogen and oxygen atoms in total. The molecule has 0 fully saturated rings. The van der Waals surface area contributed by atoms with Crippen LogP contribution >= 0.6 is 0 Å². The van der Waals surface area contributed by atoms with Crippen LogP contribution in [-0.2, 0) is 11.3 Å². The SMILES string of the molecule is Cc1ccc2c(n1)NOCC2. The second-order valence-electron chi connectivity index (χ2n) is 2.66. The topological polar surface area (TPSA) is 34.2 Å². The Balaban J connectivity index is 2.43. The zero-order valence-corrected chi connectivity index (χ0v) is 6.42. The van der Waals surface area contributed by atoms with Crippen LogP contribution in [0.25, 0.3) is 0 Å². The average Bonchev–Trinajstić information content (AvgIpc) is 2.04. The van der Waals surface area contributed by atoms with Crippen molar-refractivity contribution in [3.05, 3.63) is 23.4 Å². The van der Waals surface area contributed by atoms with Gasteiger partial charge in [0.25, 0.3) is 0 Å². The van der Waals surface area contributed by atoms with Crippen molar-refractivity contribution < 1.29 is 4.84 Å². The number of aromatic nitrogens is 1. The Bertz CT molecular complexity index is 273. The van der Waals surface area contributed by atoms with Crippen LogP contribution < -0.4 is 5.48 Å². The van der Waals surface area contributed by atoms with E-state index in [4.69, 9.17) is 4.84 Å². The third-order valence-corrected chi connectivity index (χ3v) is 1.76. The fourth-order valence-corrected chi connectivity index (χ4v) is 1.16. The van der Waals surface area contributed by atoms with Crippen LogP contribution in [0.4, 0.5) is 5.82 Å². The minimum absolute atomic E-state index is 0.734. The number of nitrogens with zero attached hydrogens (tertiary/aromatic N) is 1. The zero-order chi connectivity index (χ0) is 7.68. The predicted molar refractivity (Wildman–Crippen MR) is 42.3 cm³/mol. The van der Waals surface area contributed by atoms with Gasteiger partial charge in [0, 0.05) is 12.1 Å². The summed E-state index contributed by atoms with van der Waals surface area (Å²) < 4.78 is 0. The Kier molecular flexibility index (Phi) is 1.51. The molecule has 0 saturated carbocycles. The Labute approximate surface area is 65.4 Å². The first kappa shape index (κ1) is 6.61. The maximum Gasteiger partial charge on any atom is 0.153 e. The van der Waals surface area contributed by atoms with Crippen LogP contribution in [0.2, 0.25) is 0 Å². The van der Waals surface area contributed by atoms with Crippen LogP contribution in [0.3, 0.4) is 0 Å². The van der Waals surface area contributed by atoms with Gasteiger partial charge in [-0.3, -0.25) is 4.84 Å². The number of anilines is 1. The molecule has 0 saturated heterocycles. The lowest BCUT2D eigenvalue weighted by molar-refractivity contribution is 0.185. The smallest absolute Gasteiger partial charge is 0.153 e. The van der Waals surface area contributed by atoms with Gasteiger partial charge in [-0.1, -0.05) is 6.07 Å². The van der Waals surface area contributed by atoms with E-state index in [1.54, 1.807) is 0 Å². The van der Waals surface area contributed by atoms with E-state index < -0.39 is 0 Å². The van der Waals surface area contributed by atoms with E-state index >= 15 is 0 Å². The fraction of sp³-hybridized carbons (Fsp3) is 0.375. The maximum absolute atomic E-state index is 5.04. The summed E-state index contributed by atoms with van der Waals surface area (Å²) in [5.74, 6) is 0.872. The first-order valence-corrected chi connectivity index (χ1v) is 3.70. The molecule has 0 radical (unpaired) electrons. The minimum Gasteiger partial charge on any atom is -0.274 e. The van der Waals surface area contributed by atoms with Crippen LogP contribution in [0, 0.1) is 6.92 Å². The highest BCUT2D eigenvalue weighted by Crippen LogP contribution is 2.17. The third kappa shape index (κ3) is 1.19. The first-order chi connectivity index (χ1) is 5.36. The molecule has 0 bridgehead atoms. The number of nitrogens with one attached hydrogen (secondary N) is 1. The molecule has 0 aliphatic carbocycles. The average molecular weight is 150 g/mol. The zero-order valence-electron chi connectivity index (χ0n) is 6.42. The highest BCUT2D eigenvalue weighted by atomic mass is 16.6. The van der Waals surface area contributed by atoms with Crippen molar-refractivity contribution in [2.75, 3.05) is 12.1 Å². The summed E-state index contributed by atoms with van der Waals surface area (Å²) in [4.78, 5) is 9.32. The number of aryl methyl sites for hydroxylation is 1. The molecule has 2 heterocycles. The van der Waals surface area contributed by atoms with Gasteiger partial charge in [0.1, 0.15) is 0 Å². The maximum atomic E-state index is 5.04. The van der Waals surface area contributed by atoms with Gasteiger partial charge in [0.2, 0.25) is 0 Å². The Hall–Kier alpha value is -1.09. The molecular formula is C8H10N2O. The summed E-state index contributed by atoms with van der Waals surface area (Å²) in [6, 6.07) is 4.11. The highest BCUT2D eigenvalue weighted by Gasteiger charge is 2.08. The molecule has 1 aromatic rings. The van der Waals surface area contributed by atoms with Crippen LogP contribution in [0.1, 0.15) is 11.3 Å². The summed E-state index contributed by atoms with van der Waals surface area (Å²) in [5.41, 5.74) is 5.05. The van der Waals surface area contributed by atoms with E-state index in [-0.39, 0.29) is 0 Å². The largest absolute Gasteiger partial charge is 0.274 e. The van der Waals surface area contributed by atoms with Gasteiger partial charge >= 0.3 is 0 Å². The Morgan fingerprint density at radius 1 is 1.55 bits per heavy atom. The molecule has 2 rings (SSSR count). The molecular weight excluding hydrogens is 140 g/mol. The highest BCUT2D eigenvalue weighted by molar-refractivity contribution is 5.44. The third-order valence-electron chi connectivity index (χ3n) is 1.76. The lowest BCUT2D eigenvalue weighted by Gasteiger charge is -2.16. The summed E-state index contributed by atoms with van der Waals surface area (Å²) in [7, 11) is 0. The number of hydrogen-bond donors (Lipinski definition) is 1. The molecule has 1 aromatic heterocycles. The van der Waals surface area contributed by atoms with Gasteiger partial charge in [0.05, 0.1) is 6.61 Å². The molecule has 1 aliphatic rings. The Morgan fingerprint density at radius 3 is 3.36 bits per heavy atom. The van der Waals surface area contributed by atoms with E-state index in [0.29, 0.717) is 0 Å². The molecule has 0 atom stereocenters.